The average molecular weight is 482 g/mol. The van der Waals surface area contributed by atoms with Crippen molar-refractivity contribution in [1.82, 2.24) is 5.32 Å². The van der Waals surface area contributed by atoms with E-state index in [-0.39, 0.29) is 15.9 Å². The normalized spacial score (nSPS) is 11.1. The van der Waals surface area contributed by atoms with Gasteiger partial charge >= 0.3 is 0 Å². The molecule has 0 aliphatic heterocycles. The number of amides is 1. The molecule has 3 N–H and O–H groups in total. The third-order valence-electron chi connectivity index (χ3n) is 4.30. The molecule has 3 aromatic rings. The molecule has 0 saturated carbocycles. The SMILES string of the molecule is CCOc1ccc(NS(=O)(=O)c2ccc(NC(=S)NC(=O)/C=C/c3ccccc3)cc2)cc1. The Labute approximate surface area is 198 Å². The molecule has 3 rings (SSSR count). The lowest BCUT2D eigenvalue weighted by Crippen LogP contribution is -2.32. The first kappa shape index (κ1) is 24.0. The van der Waals surface area contributed by atoms with Crippen LogP contribution in [0.5, 0.6) is 5.75 Å². The van der Waals surface area contributed by atoms with Crippen molar-refractivity contribution >= 4 is 50.7 Å². The van der Waals surface area contributed by atoms with Gasteiger partial charge in [0.15, 0.2) is 5.11 Å². The Bertz CT molecular complexity index is 1220. The predicted octanol–water partition coefficient (Wildman–Crippen LogP) is 4.41. The summed E-state index contributed by atoms with van der Waals surface area (Å²) in [4.78, 5) is 12.1. The van der Waals surface area contributed by atoms with E-state index in [2.05, 4.69) is 15.4 Å². The molecule has 9 heteroatoms. The molecule has 0 saturated heterocycles. The van der Waals surface area contributed by atoms with Gasteiger partial charge in [-0.25, -0.2) is 8.42 Å². The molecule has 0 aliphatic carbocycles. The third-order valence-corrected chi connectivity index (χ3v) is 5.90. The van der Waals surface area contributed by atoms with Crippen molar-refractivity contribution in [1.29, 1.82) is 0 Å². The van der Waals surface area contributed by atoms with Gasteiger partial charge < -0.3 is 10.1 Å². The number of rotatable bonds is 8. The van der Waals surface area contributed by atoms with Gasteiger partial charge in [0.05, 0.1) is 11.5 Å². The molecule has 1 amide bonds. The zero-order valence-electron chi connectivity index (χ0n) is 17.8. The van der Waals surface area contributed by atoms with Crippen molar-refractivity contribution in [2.24, 2.45) is 0 Å². The van der Waals surface area contributed by atoms with Gasteiger partial charge in [0, 0.05) is 17.5 Å². The summed E-state index contributed by atoms with van der Waals surface area (Å²) >= 11 is 5.15. The molecule has 0 aliphatic rings. The molecule has 0 spiro atoms. The smallest absolute Gasteiger partial charge is 0.261 e. The van der Waals surface area contributed by atoms with Gasteiger partial charge in [0.25, 0.3) is 10.0 Å². The predicted molar refractivity (Wildman–Crippen MR) is 135 cm³/mol. The zero-order valence-corrected chi connectivity index (χ0v) is 19.4. The largest absolute Gasteiger partial charge is 0.494 e. The van der Waals surface area contributed by atoms with Crippen molar-refractivity contribution in [2.75, 3.05) is 16.6 Å². The van der Waals surface area contributed by atoms with E-state index in [1.54, 1.807) is 42.5 Å². The Morgan fingerprint density at radius 3 is 2.21 bits per heavy atom. The summed E-state index contributed by atoms with van der Waals surface area (Å²) in [6.07, 6.45) is 3.06. The van der Waals surface area contributed by atoms with E-state index in [0.29, 0.717) is 23.7 Å². The molecule has 0 radical (unpaired) electrons. The van der Waals surface area contributed by atoms with Crippen LogP contribution in [0.4, 0.5) is 11.4 Å². The minimum atomic E-state index is -3.77. The maximum Gasteiger partial charge on any atom is 0.261 e. The van der Waals surface area contributed by atoms with Gasteiger partial charge in [-0.05, 0) is 79.3 Å². The number of thiocarbonyl (C=S) groups is 1. The van der Waals surface area contributed by atoms with Crippen LogP contribution in [0.3, 0.4) is 0 Å². The van der Waals surface area contributed by atoms with E-state index < -0.39 is 10.0 Å². The van der Waals surface area contributed by atoms with Crippen LogP contribution in [0.15, 0.2) is 89.8 Å². The summed E-state index contributed by atoms with van der Waals surface area (Å²) in [6.45, 7) is 2.40. The molecule has 33 heavy (non-hydrogen) atoms. The van der Waals surface area contributed by atoms with Crippen molar-refractivity contribution in [3.05, 3.63) is 90.5 Å². The molecule has 3 aromatic carbocycles. The highest BCUT2D eigenvalue weighted by atomic mass is 32.2. The van der Waals surface area contributed by atoms with Crippen LogP contribution in [0, 0.1) is 0 Å². The molecule has 0 heterocycles. The lowest BCUT2D eigenvalue weighted by Gasteiger charge is -2.11. The summed E-state index contributed by atoms with van der Waals surface area (Å²) in [5.74, 6) is 0.282. The minimum absolute atomic E-state index is 0.0858. The van der Waals surface area contributed by atoms with E-state index in [4.69, 9.17) is 17.0 Å². The molecule has 0 atom stereocenters. The molecule has 0 aromatic heterocycles. The fraction of sp³-hybridized carbons (Fsp3) is 0.0833. The Kier molecular flexibility index (Phi) is 8.17. The number of hydrogen-bond acceptors (Lipinski definition) is 5. The van der Waals surface area contributed by atoms with Crippen LogP contribution in [-0.4, -0.2) is 26.0 Å². The highest BCUT2D eigenvalue weighted by Gasteiger charge is 2.14. The molecule has 0 fully saturated rings. The molecular formula is C24H23N3O4S2. The van der Waals surface area contributed by atoms with Crippen molar-refractivity contribution in [3.8, 4) is 5.75 Å². The highest BCUT2D eigenvalue weighted by molar-refractivity contribution is 7.92. The summed E-state index contributed by atoms with van der Waals surface area (Å²) in [7, 11) is -3.77. The number of carbonyl (C=O) groups is 1. The third kappa shape index (κ3) is 7.44. The van der Waals surface area contributed by atoms with Crippen LogP contribution >= 0.6 is 12.2 Å². The molecule has 7 nitrogen and oxygen atoms in total. The zero-order chi connectivity index (χ0) is 23.7. The number of anilines is 2. The second kappa shape index (κ2) is 11.3. The van der Waals surface area contributed by atoms with E-state index >= 15 is 0 Å². The second-order valence-electron chi connectivity index (χ2n) is 6.77. The lowest BCUT2D eigenvalue weighted by atomic mass is 10.2. The standard InChI is InChI=1S/C24H23N3O4S2/c1-2-31-21-13-9-20(10-14-21)27-33(29,30)22-15-11-19(12-16-22)25-24(32)26-23(28)17-8-18-6-4-3-5-7-18/h3-17,27H,2H2,1H3,(H2,25,26,28,32)/b17-8+. The summed E-state index contributed by atoms with van der Waals surface area (Å²) in [5, 5.41) is 5.50. The molecular weight excluding hydrogens is 458 g/mol. The highest BCUT2D eigenvalue weighted by Crippen LogP contribution is 2.20. The van der Waals surface area contributed by atoms with Gasteiger partial charge in [-0.1, -0.05) is 30.3 Å². The summed E-state index contributed by atoms with van der Waals surface area (Å²) in [5.41, 5.74) is 1.85. The van der Waals surface area contributed by atoms with Gasteiger partial charge in [0.1, 0.15) is 5.75 Å². The van der Waals surface area contributed by atoms with E-state index in [9.17, 15) is 13.2 Å². The second-order valence-corrected chi connectivity index (χ2v) is 8.87. The van der Waals surface area contributed by atoms with Crippen LogP contribution in [0.2, 0.25) is 0 Å². The fourth-order valence-electron chi connectivity index (χ4n) is 2.77. The van der Waals surface area contributed by atoms with Crippen LogP contribution < -0.4 is 20.1 Å². The van der Waals surface area contributed by atoms with Crippen molar-refractivity contribution in [3.63, 3.8) is 0 Å². The Hall–Kier alpha value is -3.69. The minimum Gasteiger partial charge on any atom is -0.494 e. The molecule has 0 bridgehead atoms. The lowest BCUT2D eigenvalue weighted by molar-refractivity contribution is -0.115. The maximum atomic E-state index is 12.6. The van der Waals surface area contributed by atoms with E-state index in [1.165, 1.54) is 18.2 Å². The first-order valence-electron chi connectivity index (χ1n) is 10.1. The van der Waals surface area contributed by atoms with Crippen LogP contribution in [0.25, 0.3) is 6.08 Å². The number of hydrogen-bond donors (Lipinski definition) is 3. The van der Waals surface area contributed by atoms with Crippen molar-refractivity contribution in [2.45, 2.75) is 11.8 Å². The number of carbonyl (C=O) groups excluding carboxylic acids is 1. The van der Waals surface area contributed by atoms with Crippen LogP contribution in [0.1, 0.15) is 12.5 Å². The number of benzene rings is 3. The monoisotopic (exact) mass is 481 g/mol. The average Bonchev–Trinajstić information content (AvgIpc) is 2.80. The first-order chi connectivity index (χ1) is 15.9. The van der Waals surface area contributed by atoms with Crippen molar-refractivity contribution < 1.29 is 17.9 Å². The number of sulfonamides is 1. The van der Waals surface area contributed by atoms with Gasteiger partial charge in [-0.15, -0.1) is 0 Å². The number of nitrogens with one attached hydrogen (secondary N) is 3. The fourth-order valence-corrected chi connectivity index (χ4v) is 4.05. The Morgan fingerprint density at radius 2 is 1.58 bits per heavy atom. The van der Waals surface area contributed by atoms with Crippen LogP contribution in [-0.2, 0) is 14.8 Å². The first-order valence-corrected chi connectivity index (χ1v) is 12.0. The number of ether oxygens (including phenoxy) is 1. The Morgan fingerprint density at radius 1 is 0.939 bits per heavy atom. The maximum absolute atomic E-state index is 12.6. The summed E-state index contributed by atoms with van der Waals surface area (Å²) in [6, 6.07) is 22.1. The quantitative estimate of drug-likeness (QED) is 0.326. The van der Waals surface area contributed by atoms with Gasteiger partial charge in [-0.3, -0.25) is 14.8 Å². The Balaban J connectivity index is 1.55. The van der Waals surface area contributed by atoms with E-state index in [1.807, 2.05) is 37.3 Å². The molecule has 170 valence electrons. The van der Waals surface area contributed by atoms with Gasteiger partial charge in [0.2, 0.25) is 5.91 Å². The van der Waals surface area contributed by atoms with Gasteiger partial charge in [-0.2, -0.15) is 0 Å². The van der Waals surface area contributed by atoms with E-state index in [0.717, 1.165) is 5.56 Å². The summed E-state index contributed by atoms with van der Waals surface area (Å²) < 4.78 is 33.1. The topological polar surface area (TPSA) is 96.5 Å². The molecule has 0 unspecified atom stereocenters.